The van der Waals surface area contributed by atoms with E-state index in [1.807, 2.05) is 7.05 Å². The van der Waals surface area contributed by atoms with E-state index in [4.69, 9.17) is 0 Å². The summed E-state index contributed by atoms with van der Waals surface area (Å²) < 4.78 is 0. The molecule has 24 heavy (non-hydrogen) atoms. The van der Waals surface area contributed by atoms with Crippen LogP contribution in [0.2, 0.25) is 0 Å². The molecule has 2 aliphatic rings. The standard InChI is InChI=1S/C19H37N5/c1-20-19(22-12-10-18-8-4-3-5-9-18)21-11-6-14-24-15-7-13-23(2)16-17-24/h8H,3-7,9-17H2,1-2H3,(H2,20,21,22). The quantitative estimate of drug-likeness (QED) is 0.323. The molecule has 5 heteroatoms. The van der Waals surface area contributed by atoms with Crippen LogP contribution in [0.3, 0.4) is 0 Å². The number of likely N-dealkylation sites (N-methyl/N-ethyl adjacent to an activating group) is 1. The molecule has 2 rings (SSSR count). The summed E-state index contributed by atoms with van der Waals surface area (Å²) in [6, 6.07) is 0. The fourth-order valence-electron chi connectivity index (χ4n) is 3.53. The second kappa shape index (κ2) is 11.5. The zero-order valence-electron chi connectivity index (χ0n) is 15.8. The molecule has 0 spiro atoms. The van der Waals surface area contributed by atoms with E-state index in [1.165, 1.54) is 71.2 Å². The summed E-state index contributed by atoms with van der Waals surface area (Å²) in [5.41, 5.74) is 1.62. The molecular weight excluding hydrogens is 298 g/mol. The van der Waals surface area contributed by atoms with E-state index < -0.39 is 0 Å². The van der Waals surface area contributed by atoms with Crippen molar-refractivity contribution in [1.82, 2.24) is 20.4 Å². The molecule has 0 aromatic rings. The first-order valence-corrected chi connectivity index (χ1v) is 9.81. The highest BCUT2D eigenvalue weighted by molar-refractivity contribution is 5.79. The van der Waals surface area contributed by atoms with E-state index in [-0.39, 0.29) is 0 Å². The molecule has 1 aliphatic carbocycles. The number of nitrogens with zero attached hydrogens (tertiary/aromatic N) is 3. The summed E-state index contributed by atoms with van der Waals surface area (Å²) >= 11 is 0. The average Bonchev–Trinajstić information content (AvgIpc) is 2.82. The zero-order valence-corrected chi connectivity index (χ0v) is 15.8. The van der Waals surface area contributed by atoms with Gasteiger partial charge < -0.3 is 20.4 Å². The lowest BCUT2D eigenvalue weighted by Gasteiger charge is -2.20. The molecule has 5 nitrogen and oxygen atoms in total. The molecule has 1 heterocycles. The first-order valence-electron chi connectivity index (χ1n) is 9.81. The lowest BCUT2D eigenvalue weighted by molar-refractivity contribution is 0.274. The third kappa shape index (κ3) is 7.67. The summed E-state index contributed by atoms with van der Waals surface area (Å²) in [7, 11) is 4.09. The van der Waals surface area contributed by atoms with Crippen molar-refractivity contribution in [3.8, 4) is 0 Å². The van der Waals surface area contributed by atoms with Gasteiger partial charge in [-0.3, -0.25) is 4.99 Å². The highest BCUT2D eigenvalue weighted by atomic mass is 15.2. The topological polar surface area (TPSA) is 42.9 Å². The Hall–Kier alpha value is -1.07. The fraction of sp³-hybridized carbons (Fsp3) is 0.842. The summed E-state index contributed by atoms with van der Waals surface area (Å²) in [4.78, 5) is 9.37. The van der Waals surface area contributed by atoms with Gasteiger partial charge in [0.1, 0.15) is 0 Å². The van der Waals surface area contributed by atoms with Gasteiger partial charge in [-0.15, -0.1) is 0 Å². The van der Waals surface area contributed by atoms with E-state index in [1.54, 1.807) is 5.57 Å². The van der Waals surface area contributed by atoms with E-state index in [9.17, 15) is 0 Å². The van der Waals surface area contributed by atoms with Crippen LogP contribution in [0, 0.1) is 0 Å². The summed E-state index contributed by atoms with van der Waals surface area (Å²) in [6.45, 7) is 8.06. The van der Waals surface area contributed by atoms with Crippen LogP contribution in [-0.4, -0.2) is 75.7 Å². The lowest BCUT2D eigenvalue weighted by atomic mass is 9.97. The zero-order chi connectivity index (χ0) is 17.0. The maximum atomic E-state index is 4.33. The van der Waals surface area contributed by atoms with Crippen molar-refractivity contribution in [2.24, 2.45) is 4.99 Å². The van der Waals surface area contributed by atoms with Gasteiger partial charge in [-0.2, -0.15) is 0 Å². The maximum absolute atomic E-state index is 4.33. The van der Waals surface area contributed by atoms with Crippen LogP contribution in [-0.2, 0) is 0 Å². The van der Waals surface area contributed by atoms with Crippen LogP contribution < -0.4 is 10.6 Å². The number of aliphatic imine (C=N–C) groups is 1. The van der Waals surface area contributed by atoms with Crippen LogP contribution >= 0.6 is 0 Å². The molecule has 0 saturated carbocycles. The van der Waals surface area contributed by atoms with Crippen molar-refractivity contribution in [2.75, 3.05) is 59.9 Å². The van der Waals surface area contributed by atoms with E-state index in [0.717, 1.165) is 25.5 Å². The predicted molar refractivity (Wildman–Crippen MR) is 104 cm³/mol. The van der Waals surface area contributed by atoms with Gasteiger partial charge in [-0.1, -0.05) is 11.6 Å². The number of guanidine groups is 1. The summed E-state index contributed by atoms with van der Waals surface area (Å²) in [5, 5.41) is 6.90. The van der Waals surface area contributed by atoms with E-state index in [2.05, 4.69) is 38.5 Å². The van der Waals surface area contributed by atoms with Gasteiger partial charge >= 0.3 is 0 Å². The van der Waals surface area contributed by atoms with Crippen LogP contribution in [0.4, 0.5) is 0 Å². The van der Waals surface area contributed by atoms with Gasteiger partial charge in [0.05, 0.1) is 0 Å². The molecule has 0 bridgehead atoms. The van der Waals surface area contributed by atoms with Crippen LogP contribution in [0.15, 0.2) is 16.6 Å². The normalized spacial score (nSPS) is 21.2. The van der Waals surface area contributed by atoms with E-state index >= 15 is 0 Å². The summed E-state index contributed by atoms with van der Waals surface area (Å²) in [5.74, 6) is 0.946. The Kier molecular flexibility index (Phi) is 9.21. The molecule has 0 unspecified atom stereocenters. The Morgan fingerprint density at radius 3 is 2.75 bits per heavy atom. The Bertz CT molecular complexity index is 405. The van der Waals surface area contributed by atoms with Gasteiger partial charge in [0.25, 0.3) is 0 Å². The highest BCUT2D eigenvalue weighted by Gasteiger charge is 2.11. The minimum atomic E-state index is 0.946. The number of hydrogen-bond donors (Lipinski definition) is 2. The number of hydrogen-bond acceptors (Lipinski definition) is 3. The van der Waals surface area contributed by atoms with Crippen LogP contribution in [0.5, 0.6) is 0 Å². The second-order valence-corrected chi connectivity index (χ2v) is 7.14. The van der Waals surface area contributed by atoms with Gasteiger partial charge in [-0.05, 0) is 71.6 Å². The maximum Gasteiger partial charge on any atom is 0.190 e. The van der Waals surface area contributed by atoms with Crippen molar-refractivity contribution in [1.29, 1.82) is 0 Å². The van der Waals surface area contributed by atoms with Crippen molar-refractivity contribution in [3.63, 3.8) is 0 Å². The molecular formula is C19H37N5. The molecule has 0 aromatic carbocycles. The number of nitrogens with one attached hydrogen (secondary N) is 2. The van der Waals surface area contributed by atoms with Gasteiger partial charge in [0.15, 0.2) is 5.96 Å². The lowest BCUT2D eigenvalue weighted by Crippen LogP contribution is -2.39. The molecule has 2 N–H and O–H groups in total. The molecule has 0 amide bonds. The second-order valence-electron chi connectivity index (χ2n) is 7.14. The predicted octanol–water partition coefficient (Wildman–Crippen LogP) is 2.07. The minimum absolute atomic E-state index is 0.946. The molecule has 0 aromatic heterocycles. The van der Waals surface area contributed by atoms with Gasteiger partial charge in [0, 0.05) is 33.2 Å². The Morgan fingerprint density at radius 2 is 1.96 bits per heavy atom. The Labute approximate surface area is 148 Å². The van der Waals surface area contributed by atoms with Crippen LogP contribution in [0.25, 0.3) is 0 Å². The van der Waals surface area contributed by atoms with Gasteiger partial charge in [-0.25, -0.2) is 0 Å². The largest absolute Gasteiger partial charge is 0.356 e. The molecule has 1 saturated heterocycles. The van der Waals surface area contributed by atoms with Crippen molar-refractivity contribution >= 4 is 5.96 Å². The first kappa shape index (κ1) is 19.3. The third-order valence-electron chi connectivity index (χ3n) is 5.10. The average molecular weight is 336 g/mol. The SMILES string of the molecule is CN=C(NCCCN1CCCN(C)CC1)NCCC1=CCCCC1. The van der Waals surface area contributed by atoms with Gasteiger partial charge in [0.2, 0.25) is 0 Å². The molecule has 0 atom stereocenters. The summed E-state index contributed by atoms with van der Waals surface area (Å²) in [6.07, 6.45) is 11.4. The molecule has 1 aliphatic heterocycles. The highest BCUT2D eigenvalue weighted by Crippen LogP contribution is 2.19. The molecule has 138 valence electrons. The first-order chi connectivity index (χ1) is 11.8. The molecule has 0 radical (unpaired) electrons. The van der Waals surface area contributed by atoms with Crippen molar-refractivity contribution < 1.29 is 0 Å². The molecule has 1 fully saturated rings. The monoisotopic (exact) mass is 335 g/mol. The Balaban J connectivity index is 1.53. The minimum Gasteiger partial charge on any atom is -0.356 e. The fourth-order valence-corrected chi connectivity index (χ4v) is 3.53. The van der Waals surface area contributed by atoms with Crippen molar-refractivity contribution in [3.05, 3.63) is 11.6 Å². The third-order valence-corrected chi connectivity index (χ3v) is 5.10. The number of allylic oxidation sites excluding steroid dienone is 1. The number of rotatable bonds is 7. The Morgan fingerprint density at radius 1 is 1.08 bits per heavy atom. The van der Waals surface area contributed by atoms with Crippen molar-refractivity contribution in [2.45, 2.75) is 44.9 Å². The van der Waals surface area contributed by atoms with E-state index in [0.29, 0.717) is 0 Å². The smallest absolute Gasteiger partial charge is 0.190 e. The van der Waals surface area contributed by atoms with Crippen LogP contribution in [0.1, 0.15) is 44.9 Å².